The van der Waals surface area contributed by atoms with Crippen molar-refractivity contribution in [1.29, 1.82) is 0 Å². The summed E-state index contributed by atoms with van der Waals surface area (Å²) in [5, 5.41) is 4.58. The maximum atomic E-state index is 2.35. The van der Waals surface area contributed by atoms with Crippen LogP contribution in [0.15, 0.2) is 35.0 Å². The average molecular weight is 589 g/mol. The van der Waals surface area contributed by atoms with Gasteiger partial charge < -0.3 is 0 Å². The van der Waals surface area contributed by atoms with E-state index in [1.54, 1.807) is 0 Å². The van der Waals surface area contributed by atoms with E-state index in [0.29, 0.717) is 32.5 Å². The molecule has 0 nitrogen and oxygen atoms in total. The lowest BCUT2D eigenvalue weighted by molar-refractivity contribution is 0.581. The molecule has 0 aliphatic rings. The quantitative estimate of drug-likeness (QED) is 0.245. The molecule has 0 N–H and O–H groups in total. The van der Waals surface area contributed by atoms with Crippen molar-refractivity contribution in [2.45, 2.75) is 157 Å². The van der Waals surface area contributed by atoms with Gasteiger partial charge in [0, 0.05) is 19.5 Å². The van der Waals surface area contributed by atoms with Gasteiger partial charge in [0.15, 0.2) is 0 Å². The molecule has 3 heteroatoms. The third-order valence-electron chi connectivity index (χ3n) is 6.49. The van der Waals surface area contributed by atoms with Gasteiger partial charge in [-0.2, -0.15) is 0 Å². The van der Waals surface area contributed by atoms with Crippen LogP contribution in [0.1, 0.15) is 155 Å². The predicted molar refractivity (Wildman–Crippen MR) is 185 cm³/mol. The average Bonchev–Trinajstić information content (AvgIpc) is 3.45. The molecular weight excluding hydrogens is 529 g/mol. The molecule has 0 radical (unpaired) electrons. The van der Waals surface area contributed by atoms with Gasteiger partial charge >= 0.3 is 0 Å². The van der Waals surface area contributed by atoms with Crippen LogP contribution >= 0.6 is 34.0 Å². The summed E-state index contributed by atoms with van der Waals surface area (Å²) in [7, 11) is 0. The van der Waals surface area contributed by atoms with Crippen LogP contribution in [-0.2, 0) is 32.5 Å². The molecule has 3 heterocycles. The summed E-state index contributed by atoms with van der Waals surface area (Å²) in [5.74, 6) is 0. The van der Waals surface area contributed by atoms with E-state index in [0.717, 1.165) is 0 Å². The Bertz CT molecular complexity index is 905. The number of thiophene rings is 3. The molecule has 0 aliphatic carbocycles. The van der Waals surface area contributed by atoms with Crippen molar-refractivity contribution in [3.63, 3.8) is 0 Å². The lowest BCUT2D eigenvalue weighted by atomic mass is 9.86. The minimum absolute atomic E-state index is 0.292. The van der Waals surface area contributed by atoms with Gasteiger partial charge in [0.1, 0.15) is 0 Å². The van der Waals surface area contributed by atoms with Gasteiger partial charge in [0.05, 0.1) is 0 Å². The van der Waals surface area contributed by atoms with Gasteiger partial charge in [-0.3, -0.25) is 0 Å². The minimum Gasteiger partial charge on any atom is -0.148 e. The molecule has 0 bridgehead atoms. The lowest BCUT2D eigenvalue weighted by Crippen LogP contribution is -2.11. The standard InChI is InChI=1S/3C12H20S/c2*1-11(2,3)9-7-10(13-8-9)12(4,5)6;1-11(2,3)9-7-8-10(13-9)12(4,5)6/h3*7-8H,1-6H3. The van der Waals surface area contributed by atoms with Crippen molar-refractivity contribution in [2.75, 3.05) is 0 Å². The van der Waals surface area contributed by atoms with E-state index in [4.69, 9.17) is 0 Å². The molecular formula is C36H60S3. The number of hydrogen-bond acceptors (Lipinski definition) is 3. The summed E-state index contributed by atoms with van der Waals surface area (Å²) in [5.41, 5.74) is 4.70. The van der Waals surface area contributed by atoms with Crippen LogP contribution in [0.25, 0.3) is 0 Å². The van der Waals surface area contributed by atoms with E-state index in [1.165, 1.54) is 30.6 Å². The van der Waals surface area contributed by atoms with Crippen LogP contribution in [0.4, 0.5) is 0 Å². The Balaban J connectivity index is 0.000000292. The van der Waals surface area contributed by atoms with Crippen LogP contribution in [0, 0.1) is 0 Å². The Kier molecular flexibility index (Phi) is 11.6. The molecule has 3 rings (SSSR count). The van der Waals surface area contributed by atoms with E-state index in [1.807, 2.05) is 34.0 Å². The predicted octanol–water partition coefficient (Wildman–Crippen LogP) is 13.0. The fourth-order valence-corrected chi connectivity index (χ4v) is 6.96. The Morgan fingerprint density at radius 2 is 0.615 bits per heavy atom. The number of rotatable bonds is 0. The van der Waals surface area contributed by atoms with Gasteiger partial charge in [-0.15, -0.1) is 34.0 Å². The molecule has 0 saturated carbocycles. The van der Waals surface area contributed by atoms with Gasteiger partial charge in [-0.25, -0.2) is 0 Å². The zero-order valence-corrected chi connectivity index (χ0v) is 31.1. The van der Waals surface area contributed by atoms with Crippen molar-refractivity contribution in [3.8, 4) is 0 Å². The van der Waals surface area contributed by atoms with Gasteiger partial charge in [0.25, 0.3) is 0 Å². The van der Waals surface area contributed by atoms with E-state index in [9.17, 15) is 0 Å². The van der Waals surface area contributed by atoms with E-state index >= 15 is 0 Å². The molecule has 0 aromatic carbocycles. The van der Waals surface area contributed by atoms with Crippen LogP contribution in [-0.4, -0.2) is 0 Å². The van der Waals surface area contributed by atoms with Crippen molar-refractivity contribution in [3.05, 3.63) is 65.7 Å². The topological polar surface area (TPSA) is 0 Å². The maximum absolute atomic E-state index is 2.35. The fourth-order valence-electron chi connectivity index (χ4n) is 3.39. The van der Waals surface area contributed by atoms with E-state index in [-0.39, 0.29) is 0 Å². The highest BCUT2D eigenvalue weighted by Gasteiger charge is 2.23. The Morgan fingerprint density at radius 1 is 0.359 bits per heavy atom. The van der Waals surface area contributed by atoms with Crippen LogP contribution in [0.5, 0.6) is 0 Å². The first kappa shape index (κ1) is 36.1. The molecule has 0 unspecified atom stereocenters. The zero-order chi connectivity index (χ0) is 30.8. The molecule has 3 aromatic rings. The highest BCUT2D eigenvalue weighted by atomic mass is 32.1. The molecule has 0 atom stereocenters. The summed E-state index contributed by atoms with van der Waals surface area (Å²) in [4.78, 5) is 5.93. The highest BCUT2D eigenvalue weighted by Crippen LogP contribution is 2.36. The highest BCUT2D eigenvalue weighted by molar-refractivity contribution is 7.12. The molecule has 0 spiro atoms. The molecule has 0 fully saturated rings. The summed E-state index contributed by atoms with van der Waals surface area (Å²) >= 11 is 5.71. The summed E-state index contributed by atoms with van der Waals surface area (Å²) in [6.45, 7) is 40.8. The summed E-state index contributed by atoms with van der Waals surface area (Å²) in [6, 6.07) is 9.24. The van der Waals surface area contributed by atoms with Crippen molar-refractivity contribution < 1.29 is 0 Å². The number of hydrogen-bond donors (Lipinski definition) is 0. The normalized spacial score (nSPS) is 13.4. The molecule has 0 amide bonds. The van der Waals surface area contributed by atoms with Crippen LogP contribution < -0.4 is 0 Å². The molecule has 0 saturated heterocycles. The monoisotopic (exact) mass is 588 g/mol. The largest absolute Gasteiger partial charge is 0.148 e. The maximum Gasteiger partial charge on any atom is 0.0102 e. The Hall–Kier alpha value is -0.900. The van der Waals surface area contributed by atoms with E-state index < -0.39 is 0 Å². The first-order valence-corrected chi connectivity index (χ1v) is 17.0. The molecule has 39 heavy (non-hydrogen) atoms. The Labute approximate surface area is 255 Å². The second kappa shape index (κ2) is 12.5. The van der Waals surface area contributed by atoms with Crippen LogP contribution in [0.3, 0.4) is 0 Å². The molecule has 0 aliphatic heterocycles. The summed E-state index contributed by atoms with van der Waals surface area (Å²) < 4.78 is 0. The van der Waals surface area contributed by atoms with Crippen LogP contribution in [0.2, 0.25) is 0 Å². The third kappa shape index (κ3) is 11.9. The molecule has 3 aromatic heterocycles. The summed E-state index contributed by atoms with van der Waals surface area (Å²) in [6.07, 6.45) is 0. The van der Waals surface area contributed by atoms with E-state index in [2.05, 4.69) is 160 Å². The first-order chi connectivity index (χ1) is 17.1. The Morgan fingerprint density at radius 3 is 0.744 bits per heavy atom. The zero-order valence-electron chi connectivity index (χ0n) is 28.7. The van der Waals surface area contributed by atoms with Crippen molar-refractivity contribution in [2.24, 2.45) is 0 Å². The van der Waals surface area contributed by atoms with Gasteiger partial charge in [-0.1, -0.05) is 125 Å². The van der Waals surface area contributed by atoms with Gasteiger partial charge in [-0.05, 0) is 78.6 Å². The SMILES string of the molecule is CC(C)(C)c1ccc(C(C)(C)C)s1.CC(C)(C)c1csc(C(C)(C)C)c1.CC(C)(C)c1csc(C(C)(C)C)c1. The minimum atomic E-state index is 0.292. The van der Waals surface area contributed by atoms with Crippen molar-refractivity contribution in [1.82, 2.24) is 0 Å². The molecule has 222 valence electrons. The second-order valence-corrected chi connectivity index (χ2v) is 20.0. The second-order valence-electron chi connectivity index (χ2n) is 17.1. The lowest BCUT2D eigenvalue weighted by Gasteiger charge is -2.18. The van der Waals surface area contributed by atoms with Crippen molar-refractivity contribution >= 4 is 34.0 Å². The third-order valence-corrected chi connectivity index (χ3v) is 11.1. The van der Waals surface area contributed by atoms with Gasteiger partial charge in [0.2, 0.25) is 0 Å². The smallest absolute Gasteiger partial charge is 0.0102 e. The fraction of sp³-hybridized carbons (Fsp3) is 0.667. The first-order valence-electron chi connectivity index (χ1n) is 14.4.